The Labute approximate surface area is 173 Å². The highest BCUT2D eigenvalue weighted by Gasteiger charge is 2.27. The molecule has 4 rings (SSSR count). The van der Waals surface area contributed by atoms with Gasteiger partial charge in [0.2, 0.25) is 0 Å². The van der Waals surface area contributed by atoms with Gasteiger partial charge in [0.05, 0.1) is 40.1 Å². The number of methoxy groups -OCH3 is 1. The zero-order valence-electron chi connectivity index (χ0n) is 16.9. The van der Waals surface area contributed by atoms with Gasteiger partial charge >= 0.3 is 5.97 Å². The number of thiazole rings is 1. The molecule has 3 aromatic rings. The fraction of sp³-hybridized carbons (Fsp3) is 0.409. The molecule has 1 aliphatic rings. The Morgan fingerprint density at radius 1 is 1.24 bits per heavy atom. The van der Waals surface area contributed by atoms with Crippen LogP contribution >= 0.6 is 11.3 Å². The molecular formula is C22H25N3O3S. The number of carbonyl (C=O) groups is 2. The predicted molar refractivity (Wildman–Crippen MR) is 114 cm³/mol. The molecule has 0 bridgehead atoms. The summed E-state index contributed by atoms with van der Waals surface area (Å²) < 4.78 is 6.07. The molecule has 1 fully saturated rings. The van der Waals surface area contributed by atoms with Crippen LogP contribution < -0.4 is 0 Å². The molecule has 3 heterocycles. The third-order valence-electron chi connectivity index (χ3n) is 5.72. The second-order valence-electron chi connectivity index (χ2n) is 7.61. The maximum atomic E-state index is 12.8. The van der Waals surface area contributed by atoms with E-state index >= 15 is 0 Å². The summed E-state index contributed by atoms with van der Waals surface area (Å²) >= 11 is 1.78. The number of Topliss-reactive ketones (excluding diaryl/α,β-unsaturated/α-hetero) is 1. The minimum absolute atomic E-state index is 0.0131. The number of esters is 1. The number of aromatic amines is 1. The maximum Gasteiger partial charge on any atom is 0.339 e. The van der Waals surface area contributed by atoms with Crippen molar-refractivity contribution in [1.29, 1.82) is 0 Å². The monoisotopic (exact) mass is 411 g/mol. The third-order valence-corrected chi connectivity index (χ3v) is 6.92. The van der Waals surface area contributed by atoms with Gasteiger partial charge in [-0.3, -0.25) is 9.69 Å². The average molecular weight is 412 g/mol. The summed E-state index contributed by atoms with van der Waals surface area (Å²) in [4.78, 5) is 34.9. The van der Waals surface area contributed by atoms with E-state index in [0.29, 0.717) is 35.0 Å². The molecule has 2 aromatic heterocycles. The molecule has 1 saturated heterocycles. The number of hydrogen-bond donors (Lipinski definition) is 1. The Kier molecular flexibility index (Phi) is 5.52. The number of piperidine rings is 1. The van der Waals surface area contributed by atoms with Crippen molar-refractivity contribution in [2.24, 2.45) is 0 Å². The highest BCUT2D eigenvalue weighted by Crippen LogP contribution is 2.33. The Bertz CT molecular complexity index is 1030. The number of fused-ring (bicyclic) bond motifs is 1. The van der Waals surface area contributed by atoms with Crippen LogP contribution in [-0.4, -0.2) is 53.4 Å². The molecule has 0 radical (unpaired) electrons. The molecule has 29 heavy (non-hydrogen) atoms. The van der Waals surface area contributed by atoms with E-state index < -0.39 is 5.97 Å². The van der Waals surface area contributed by atoms with Crippen molar-refractivity contribution in [2.75, 3.05) is 26.7 Å². The lowest BCUT2D eigenvalue weighted by atomic mass is 9.97. The molecule has 1 aliphatic heterocycles. The van der Waals surface area contributed by atoms with Gasteiger partial charge in [-0.25, -0.2) is 9.78 Å². The number of aryl methyl sites for hydroxylation is 1. The number of ketones is 1. The van der Waals surface area contributed by atoms with Crippen LogP contribution in [0.1, 0.15) is 55.9 Å². The van der Waals surface area contributed by atoms with E-state index in [1.54, 1.807) is 25.2 Å². The van der Waals surface area contributed by atoms with Crippen molar-refractivity contribution in [2.45, 2.75) is 32.6 Å². The van der Waals surface area contributed by atoms with Crippen molar-refractivity contribution in [3.05, 3.63) is 51.8 Å². The molecule has 0 unspecified atom stereocenters. The summed E-state index contributed by atoms with van der Waals surface area (Å²) in [5.74, 6) is 0.0605. The van der Waals surface area contributed by atoms with Gasteiger partial charge in [-0.15, -0.1) is 11.3 Å². The van der Waals surface area contributed by atoms with Crippen LogP contribution in [0.3, 0.4) is 0 Å². The second kappa shape index (κ2) is 8.08. The first-order chi connectivity index (χ1) is 14.0. The summed E-state index contributed by atoms with van der Waals surface area (Å²) in [6.45, 7) is 5.68. The first-order valence-electron chi connectivity index (χ1n) is 9.86. The number of carbonyl (C=O) groups excluding carboxylic acids is 2. The number of H-pyrrole nitrogens is 1. The SMILES string of the molecule is COC(=O)c1c(C)[nH]c(C(=O)CN2CCC(c3nc4ccccc4s3)CC2)c1C. The number of likely N-dealkylation sites (tertiary alicyclic amines) is 1. The lowest BCUT2D eigenvalue weighted by molar-refractivity contribution is 0.0599. The van der Waals surface area contributed by atoms with E-state index in [1.807, 2.05) is 6.07 Å². The van der Waals surface area contributed by atoms with Crippen molar-refractivity contribution in [3.63, 3.8) is 0 Å². The molecular weight excluding hydrogens is 386 g/mol. The Balaban J connectivity index is 1.39. The number of hydrogen-bond acceptors (Lipinski definition) is 6. The number of nitrogens with zero attached hydrogens (tertiary/aromatic N) is 2. The van der Waals surface area contributed by atoms with E-state index in [4.69, 9.17) is 9.72 Å². The van der Waals surface area contributed by atoms with Crippen LogP contribution in [0.5, 0.6) is 0 Å². The van der Waals surface area contributed by atoms with Crippen molar-refractivity contribution in [3.8, 4) is 0 Å². The van der Waals surface area contributed by atoms with Gasteiger partial charge in [0.1, 0.15) is 0 Å². The molecule has 1 aromatic carbocycles. The van der Waals surface area contributed by atoms with Gasteiger partial charge in [0.15, 0.2) is 5.78 Å². The summed E-state index contributed by atoms with van der Waals surface area (Å²) in [5, 5.41) is 1.20. The number of aromatic nitrogens is 2. The fourth-order valence-corrected chi connectivity index (χ4v) is 5.26. The number of ether oxygens (including phenoxy) is 1. The molecule has 0 atom stereocenters. The second-order valence-corrected chi connectivity index (χ2v) is 8.67. The molecule has 7 heteroatoms. The number of nitrogens with one attached hydrogen (secondary N) is 1. The van der Waals surface area contributed by atoms with Crippen LogP contribution in [0.4, 0.5) is 0 Å². The van der Waals surface area contributed by atoms with Crippen LogP contribution in [-0.2, 0) is 4.74 Å². The van der Waals surface area contributed by atoms with Crippen molar-refractivity contribution < 1.29 is 14.3 Å². The predicted octanol–water partition coefficient (Wildman–Crippen LogP) is 4.09. The van der Waals surface area contributed by atoms with Crippen molar-refractivity contribution in [1.82, 2.24) is 14.9 Å². The average Bonchev–Trinajstić information content (AvgIpc) is 3.28. The summed E-state index contributed by atoms with van der Waals surface area (Å²) in [5.41, 5.74) is 3.39. The molecule has 0 spiro atoms. The summed E-state index contributed by atoms with van der Waals surface area (Å²) in [6, 6.07) is 8.25. The lowest BCUT2D eigenvalue weighted by Gasteiger charge is -2.30. The minimum Gasteiger partial charge on any atom is -0.465 e. The lowest BCUT2D eigenvalue weighted by Crippen LogP contribution is -2.37. The molecule has 0 saturated carbocycles. The summed E-state index contributed by atoms with van der Waals surface area (Å²) in [6.07, 6.45) is 2.01. The Morgan fingerprint density at radius 3 is 2.66 bits per heavy atom. The number of para-hydroxylation sites is 1. The fourth-order valence-electron chi connectivity index (χ4n) is 4.12. The largest absolute Gasteiger partial charge is 0.465 e. The van der Waals surface area contributed by atoms with E-state index in [0.717, 1.165) is 31.4 Å². The first kappa shape index (κ1) is 19.8. The quantitative estimate of drug-likeness (QED) is 0.506. The molecule has 0 aliphatic carbocycles. The number of rotatable bonds is 5. The van der Waals surface area contributed by atoms with E-state index in [9.17, 15) is 9.59 Å². The molecule has 152 valence electrons. The van der Waals surface area contributed by atoms with E-state index in [1.165, 1.54) is 16.8 Å². The van der Waals surface area contributed by atoms with Gasteiger partial charge < -0.3 is 9.72 Å². The summed E-state index contributed by atoms with van der Waals surface area (Å²) in [7, 11) is 1.35. The third kappa shape index (κ3) is 3.84. The van der Waals surface area contributed by atoms with Crippen LogP contribution in [0.15, 0.2) is 24.3 Å². The van der Waals surface area contributed by atoms with Gasteiger partial charge in [-0.05, 0) is 57.5 Å². The molecule has 6 nitrogen and oxygen atoms in total. The molecule has 1 N–H and O–H groups in total. The highest BCUT2D eigenvalue weighted by atomic mass is 32.1. The van der Waals surface area contributed by atoms with Crippen LogP contribution in [0.2, 0.25) is 0 Å². The van der Waals surface area contributed by atoms with Gasteiger partial charge in [0, 0.05) is 11.6 Å². The zero-order valence-corrected chi connectivity index (χ0v) is 17.8. The van der Waals surface area contributed by atoms with E-state index in [2.05, 4.69) is 28.1 Å². The van der Waals surface area contributed by atoms with Gasteiger partial charge in [-0.1, -0.05) is 12.1 Å². The van der Waals surface area contributed by atoms with Crippen LogP contribution in [0, 0.1) is 13.8 Å². The number of benzene rings is 1. The maximum absolute atomic E-state index is 12.8. The highest BCUT2D eigenvalue weighted by molar-refractivity contribution is 7.18. The molecule has 0 amide bonds. The Hall–Kier alpha value is -2.51. The van der Waals surface area contributed by atoms with Crippen molar-refractivity contribution >= 4 is 33.3 Å². The smallest absolute Gasteiger partial charge is 0.339 e. The topological polar surface area (TPSA) is 75.3 Å². The standard InChI is InChI=1S/C22H25N3O3S/c1-13-19(22(27)28-3)14(2)23-20(13)17(26)12-25-10-8-15(9-11-25)21-24-16-6-4-5-7-18(16)29-21/h4-7,15,23H,8-12H2,1-3H3. The Morgan fingerprint density at radius 2 is 1.97 bits per heavy atom. The van der Waals surface area contributed by atoms with Gasteiger partial charge in [0.25, 0.3) is 0 Å². The minimum atomic E-state index is -0.410. The van der Waals surface area contributed by atoms with Crippen LogP contribution in [0.25, 0.3) is 10.2 Å². The van der Waals surface area contributed by atoms with E-state index in [-0.39, 0.29) is 5.78 Å². The zero-order chi connectivity index (χ0) is 20.5. The van der Waals surface area contributed by atoms with Gasteiger partial charge in [-0.2, -0.15) is 0 Å². The first-order valence-corrected chi connectivity index (χ1v) is 10.7. The normalized spacial score (nSPS) is 15.7.